The number of rotatable bonds is 6. The van der Waals surface area contributed by atoms with Gasteiger partial charge in [-0.3, -0.25) is 9.59 Å². The molecule has 3 aromatic rings. The number of benzene rings is 2. The highest BCUT2D eigenvalue weighted by Crippen LogP contribution is 2.38. The van der Waals surface area contributed by atoms with Gasteiger partial charge in [0.15, 0.2) is 0 Å². The van der Waals surface area contributed by atoms with Crippen LogP contribution in [-0.2, 0) is 6.54 Å². The van der Waals surface area contributed by atoms with Gasteiger partial charge in [-0.05, 0) is 74.4 Å². The second-order valence-electron chi connectivity index (χ2n) is 9.75. The van der Waals surface area contributed by atoms with E-state index in [4.69, 9.17) is 0 Å². The average Bonchev–Trinajstić information content (AvgIpc) is 3.14. The van der Waals surface area contributed by atoms with Crippen LogP contribution in [0.1, 0.15) is 63.1 Å². The van der Waals surface area contributed by atoms with Crippen molar-refractivity contribution in [3.05, 3.63) is 94.7 Å². The number of hydrogen-bond acceptors (Lipinski definition) is 4. The van der Waals surface area contributed by atoms with E-state index in [2.05, 4.69) is 20.5 Å². The van der Waals surface area contributed by atoms with Crippen LogP contribution < -0.4 is 15.5 Å². The summed E-state index contributed by atoms with van der Waals surface area (Å²) in [4.78, 5) is 32.5. The van der Waals surface area contributed by atoms with Gasteiger partial charge >= 0.3 is 0 Å². The molecule has 2 amide bonds. The smallest absolute Gasteiger partial charge is 0.253 e. The Balaban J connectivity index is 1.20. The molecule has 0 radical (unpaired) electrons. The molecule has 0 saturated carbocycles. The van der Waals surface area contributed by atoms with E-state index < -0.39 is 0 Å². The number of carbonyl (C=O) groups excluding carboxylic acids is 2. The minimum atomic E-state index is -0.122. The number of amides is 2. The van der Waals surface area contributed by atoms with Gasteiger partial charge < -0.3 is 15.5 Å². The van der Waals surface area contributed by atoms with Gasteiger partial charge in [-0.25, -0.2) is 4.98 Å². The first-order valence-electron chi connectivity index (χ1n) is 12.4. The first-order chi connectivity index (χ1) is 17.0. The second-order valence-corrected chi connectivity index (χ2v) is 9.75. The summed E-state index contributed by atoms with van der Waals surface area (Å²) in [7, 11) is 0. The van der Waals surface area contributed by atoms with Gasteiger partial charge in [-0.15, -0.1) is 0 Å². The van der Waals surface area contributed by atoms with Crippen LogP contribution in [0.25, 0.3) is 0 Å². The van der Waals surface area contributed by atoms with E-state index >= 15 is 0 Å². The second kappa shape index (κ2) is 9.90. The molecule has 2 aliphatic rings. The number of anilines is 1. The van der Waals surface area contributed by atoms with Crippen molar-refractivity contribution in [3.63, 3.8) is 0 Å². The molecule has 0 spiro atoms. The van der Waals surface area contributed by atoms with Crippen LogP contribution in [0.3, 0.4) is 0 Å². The van der Waals surface area contributed by atoms with Gasteiger partial charge in [0, 0.05) is 36.4 Å². The third kappa shape index (κ3) is 4.92. The van der Waals surface area contributed by atoms with Gasteiger partial charge in [-0.2, -0.15) is 0 Å². The normalized spacial score (nSPS) is 21.0. The Morgan fingerprint density at radius 2 is 1.66 bits per heavy atom. The first-order valence-corrected chi connectivity index (χ1v) is 12.4. The summed E-state index contributed by atoms with van der Waals surface area (Å²) >= 11 is 0. The molecule has 2 bridgehead atoms. The standard InChI is InChI=1S/C29H32N4O2/c1-19-7-6-10-26(20(19)2)29(35)32-23-15-24-12-13-25(16-23)33(24)27-14-11-22(18-30-27)28(34)31-17-21-8-4-3-5-9-21/h3-11,14,18,23-25H,12-13,15-17H2,1-2H3,(H,31,34)(H,32,35). The van der Waals surface area contributed by atoms with Crippen molar-refractivity contribution in [2.45, 2.75) is 64.2 Å². The fourth-order valence-corrected chi connectivity index (χ4v) is 5.48. The summed E-state index contributed by atoms with van der Waals surface area (Å²) in [5, 5.41) is 6.24. The summed E-state index contributed by atoms with van der Waals surface area (Å²) in [6.07, 6.45) is 5.69. The molecular weight excluding hydrogens is 436 g/mol. The third-order valence-electron chi connectivity index (χ3n) is 7.49. The summed E-state index contributed by atoms with van der Waals surface area (Å²) in [5.41, 5.74) is 4.57. The third-order valence-corrected chi connectivity index (χ3v) is 7.49. The number of pyridine rings is 1. The predicted molar refractivity (Wildman–Crippen MR) is 138 cm³/mol. The van der Waals surface area contributed by atoms with E-state index in [-0.39, 0.29) is 17.9 Å². The van der Waals surface area contributed by atoms with E-state index in [0.717, 1.165) is 53.8 Å². The van der Waals surface area contributed by atoms with E-state index in [1.807, 2.05) is 74.5 Å². The van der Waals surface area contributed by atoms with Gasteiger partial charge in [0.05, 0.1) is 5.56 Å². The summed E-state index contributed by atoms with van der Waals surface area (Å²) < 4.78 is 0. The van der Waals surface area contributed by atoms with E-state index in [1.165, 1.54) is 0 Å². The van der Waals surface area contributed by atoms with Crippen molar-refractivity contribution >= 4 is 17.6 Å². The van der Waals surface area contributed by atoms with Crippen molar-refractivity contribution in [1.29, 1.82) is 0 Å². The Kier molecular flexibility index (Phi) is 6.53. The zero-order valence-electron chi connectivity index (χ0n) is 20.3. The zero-order valence-corrected chi connectivity index (χ0v) is 20.3. The average molecular weight is 469 g/mol. The number of aryl methyl sites for hydroxylation is 1. The SMILES string of the molecule is Cc1cccc(C(=O)NC2CC3CCC(C2)N3c2ccc(C(=O)NCc3ccccc3)cn2)c1C. The molecule has 2 unspecified atom stereocenters. The van der Waals surface area contributed by atoms with Crippen LogP contribution in [0, 0.1) is 13.8 Å². The van der Waals surface area contributed by atoms with Crippen LogP contribution >= 0.6 is 0 Å². The van der Waals surface area contributed by atoms with E-state index in [1.54, 1.807) is 6.20 Å². The zero-order chi connectivity index (χ0) is 24.4. The maximum absolute atomic E-state index is 12.9. The van der Waals surface area contributed by atoms with Gasteiger partial charge in [0.2, 0.25) is 0 Å². The van der Waals surface area contributed by atoms with Crippen LogP contribution in [0.2, 0.25) is 0 Å². The molecule has 3 heterocycles. The minimum Gasteiger partial charge on any atom is -0.350 e. The molecule has 2 aromatic carbocycles. The van der Waals surface area contributed by atoms with Gasteiger partial charge in [0.1, 0.15) is 5.82 Å². The van der Waals surface area contributed by atoms with E-state index in [0.29, 0.717) is 24.2 Å². The molecule has 1 aromatic heterocycles. The molecule has 0 aliphatic carbocycles. The number of aromatic nitrogens is 1. The largest absolute Gasteiger partial charge is 0.350 e. The lowest BCUT2D eigenvalue weighted by Crippen LogP contribution is -2.50. The fourth-order valence-electron chi connectivity index (χ4n) is 5.48. The van der Waals surface area contributed by atoms with Crippen molar-refractivity contribution in [1.82, 2.24) is 15.6 Å². The lowest BCUT2D eigenvalue weighted by molar-refractivity contribution is 0.0924. The van der Waals surface area contributed by atoms with Crippen LogP contribution in [0.5, 0.6) is 0 Å². The number of piperidine rings is 1. The van der Waals surface area contributed by atoms with Crippen molar-refractivity contribution in [3.8, 4) is 0 Å². The number of carbonyl (C=O) groups is 2. The summed E-state index contributed by atoms with van der Waals surface area (Å²) in [6.45, 7) is 4.54. The maximum Gasteiger partial charge on any atom is 0.253 e. The molecule has 2 atom stereocenters. The Morgan fingerprint density at radius 1 is 0.914 bits per heavy atom. The monoisotopic (exact) mass is 468 g/mol. The Labute approximate surface area is 206 Å². The quantitative estimate of drug-likeness (QED) is 0.556. The topological polar surface area (TPSA) is 74.3 Å². The van der Waals surface area contributed by atoms with Gasteiger partial charge in [-0.1, -0.05) is 42.5 Å². The maximum atomic E-state index is 12.9. The molecule has 5 rings (SSSR count). The van der Waals surface area contributed by atoms with Crippen LogP contribution in [-0.4, -0.2) is 34.9 Å². The molecule has 2 aliphatic heterocycles. The highest BCUT2D eigenvalue weighted by Gasteiger charge is 2.41. The molecule has 35 heavy (non-hydrogen) atoms. The molecule has 6 heteroatoms. The number of hydrogen-bond donors (Lipinski definition) is 2. The number of fused-ring (bicyclic) bond motifs is 2. The fraction of sp³-hybridized carbons (Fsp3) is 0.345. The molecule has 6 nitrogen and oxygen atoms in total. The van der Waals surface area contributed by atoms with Crippen molar-refractivity contribution in [2.24, 2.45) is 0 Å². The number of nitrogens with zero attached hydrogens (tertiary/aromatic N) is 2. The predicted octanol–water partition coefficient (Wildman–Crippen LogP) is 4.56. The van der Waals surface area contributed by atoms with E-state index in [9.17, 15) is 9.59 Å². The van der Waals surface area contributed by atoms with Crippen LogP contribution in [0.4, 0.5) is 5.82 Å². The van der Waals surface area contributed by atoms with Crippen LogP contribution in [0.15, 0.2) is 66.9 Å². The molecule has 180 valence electrons. The highest BCUT2D eigenvalue weighted by atomic mass is 16.2. The highest BCUT2D eigenvalue weighted by molar-refractivity contribution is 5.96. The number of nitrogens with one attached hydrogen (secondary N) is 2. The Morgan fingerprint density at radius 3 is 2.34 bits per heavy atom. The first kappa shape index (κ1) is 23.1. The van der Waals surface area contributed by atoms with Crippen molar-refractivity contribution in [2.75, 3.05) is 4.90 Å². The lowest BCUT2D eigenvalue weighted by Gasteiger charge is -2.40. The summed E-state index contributed by atoms with van der Waals surface area (Å²) in [5.74, 6) is 0.813. The molecular formula is C29H32N4O2. The Bertz CT molecular complexity index is 1200. The van der Waals surface area contributed by atoms with Crippen molar-refractivity contribution < 1.29 is 9.59 Å². The van der Waals surface area contributed by atoms with Gasteiger partial charge in [0.25, 0.3) is 11.8 Å². The Hall–Kier alpha value is -3.67. The molecule has 2 N–H and O–H groups in total. The molecule has 2 fully saturated rings. The molecule has 2 saturated heterocycles. The lowest BCUT2D eigenvalue weighted by atomic mass is 9.96. The summed E-state index contributed by atoms with van der Waals surface area (Å²) in [6, 6.07) is 20.4. The minimum absolute atomic E-state index is 0.0213.